The minimum absolute atomic E-state index is 0.0535. The first-order chi connectivity index (χ1) is 7.02. The molecule has 4 N–H and O–H groups in total. The summed E-state index contributed by atoms with van der Waals surface area (Å²) in [6, 6.07) is 0. The lowest BCUT2D eigenvalue weighted by Gasteiger charge is -2.03. The van der Waals surface area contributed by atoms with Crippen molar-refractivity contribution < 1.29 is 8.42 Å². The van der Waals surface area contributed by atoms with Crippen LogP contribution in [0.1, 0.15) is 12.8 Å². The van der Waals surface area contributed by atoms with Crippen LogP contribution in [-0.2, 0) is 10.0 Å². The molecule has 0 aliphatic rings. The van der Waals surface area contributed by atoms with Crippen LogP contribution >= 0.6 is 12.2 Å². The molecule has 6 nitrogen and oxygen atoms in total. The van der Waals surface area contributed by atoms with Gasteiger partial charge in [-0.2, -0.15) is 0 Å². The zero-order valence-electron chi connectivity index (χ0n) is 7.93. The smallest absolute Gasteiger partial charge is 0.257 e. The van der Waals surface area contributed by atoms with E-state index in [4.69, 9.17) is 5.73 Å². The zero-order valence-corrected chi connectivity index (χ0v) is 9.57. The SMILES string of the molecule is NC(=S)CCCNS(=O)(=O)c1cnc[nH]1. The second kappa shape index (κ2) is 5.19. The Labute approximate surface area is 93.3 Å². The molecule has 15 heavy (non-hydrogen) atoms. The van der Waals surface area contributed by atoms with E-state index in [-0.39, 0.29) is 5.03 Å². The molecule has 0 atom stereocenters. The molecule has 0 amide bonds. The zero-order chi connectivity index (χ0) is 11.3. The van der Waals surface area contributed by atoms with Gasteiger partial charge < -0.3 is 10.7 Å². The Bertz CT molecular complexity index is 412. The van der Waals surface area contributed by atoms with Gasteiger partial charge in [-0.25, -0.2) is 18.1 Å². The normalized spacial score (nSPS) is 11.5. The maximum atomic E-state index is 11.5. The number of aromatic amines is 1. The van der Waals surface area contributed by atoms with E-state index in [9.17, 15) is 8.42 Å². The fraction of sp³-hybridized carbons (Fsp3) is 0.429. The summed E-state index contributed by atoms with van der Waals surface area (Å²) in [5.41, 5.74) is 5.27. The van der Waals surface area contributed by atoms with Crippen LogP contribution < -0.4 is 10.5 Å². The van der Waals surface area contributed by atoms with Crippen LogP contribution in [0.4, 0.5) is 0 Å². The van der Waals surface area contributed by atoms with Crippen molar-refractivity contribution in [1.82, 2.24) is 14.7 Å². The van der Waals surface area contributed by atoms with Gasteiger partial charge in [-0.3, -0.25) is 0 Å². The van der Waals surface area contributed by atoms with Crippen molar-refractivity contribution in [3.63, 3.8) is 0 Å². The molecule has 0 aliphatic carbocycles. The number of imidazole rings is 1. The van der Waals surface area contributed by atoms with Crippen LogP contribution in [0.15, 0.2) is 17.6 Å². The summed E-state index contributed by atoms with van der Waals surface area (Å²) in [6.07, 6.45) is 3.67. The van der Waals surface area contributed by atoms with Crippen LogP contribution in [-0.4, -0.2) is 29.9 Å². The first-order valence-electron chi connectivity index (χ1n) is 4.29. The molecule has 1 heterocycles. The molecule has 0 spiro atoms. The number of rotatable bonds is 6. The molecule has 1 aromatic heterocycles. The van der Waals surface area contributed by atoms with Gasteiger partial charge >= 0.3 is 0 Å². The maximum absolute atomic E-state index is 11.5. The summed E-state index contributed by atoms with van der Waals surface area (Å²) < 4.78 is 25.4. The highest BCUT2D eigenvalue weighted by Gasteiger charge is 2.13. The van der Waals surface area contributed by atoms with E-state index >= 15 is 0 Å². The Morgan fingerprint density at radius 3 is 2.93 bits per heavy atom. The minimum atomic E-state index is -3.47. The Morgan fingerprint density at radius 1 is 1.67 bits per heavy atom. The van der Waals surface area contributed by atoms with Crippen LogP contribution in [0.25, 0.3) is 0 Å². The van der Waals surface area contributed by atoms with E-state index in [0.29, 0.717) is 24.4 Å². The summed E-state index contributed by atoms with van der Waals surface area (Å²) in [7, 11) is -3.47. The molecule has 1 aromatic rings. The van der Waals surface area contributed by atoms with Crippen LogP contribution in [0, 0.1) is 0 Å². The molecule has 0 fully saturated rings. The topological polar surface area (TPSA) is 101 Å². The van der Waals surface area contributed by atoms with Gasteiger partial charge in [0.2, 0.25) is 0 Å². The summed E-state index contributed by atoms with van der Waals surface area (Å²) in [5, 5.41) is 0.0535. The highest BCUT2D eigenvalue weighted by atomic mass is 32.2. The first-order valence-corrected chi connectivity index (χ1v) is 6.18. The molecule has 0 aromatic carbocycles. The Hall–Kier alpha value is -0.990. The average molecular weight is 248 g/mol. The second-order valence-electron chi connectivity index (χ2n) is 2.88. The Kier molecular flexibility index (Phi) is 4.18. The van der Waals surface area contributed by atoms with Crippen molar-refractivity contribution in [3.05, 3.63) is 12.5 Å². The monoisotopic (exact) mass is 248 g/mol. The van der Waals surface area contributed by atoms with E-state index in [1.165, 1.54) is 12.5 Å². The van der Waals surface area contributed by atoms with Gasteiger partial charge in [0.15, 0.2) is 5.03 Å². The third-order valence-corrected chi connectivity index (χ3v) is 3.25. The predicted octanol–water partition coefficient (Wildman–Crippen LogP) is -0.246. The molecule has 0 unspecified atom stereocenters. The molecule has 84 valence electrons. The standard InChI is InChI=1S/C7H12N4O2S2/c8-6(14)2-1-3-11-15(12,13)7-4-9-5-10-7/h4-5,11H,1-3H2,(H2,8,14)(H,9,10). The fourth-order valence-corrected chi connectivity index (χ4v) is 2.06. The van der Waals surface area contributed by atoms with Gasteiger partial charge in [-0.15, -0.1) is 0 Å². The van der Waals surface area contributed by atoms with Crippen LogP contribution in [0.5, 0.6) is 0 Å². The molecular formula is C7H12N4O2S2. The van der Waals surface area contributed by atoms with Gasteiger partial charge in [0.25, 0.3) is 10.0 Å². The lowest BCUT2D eigenvalue weighted by atomic mass is 10.3. The van der Waals surface area contributed by atoms with Gasteiger partial charge in [0.1, 0.15) is 0 Å². The third kappa shape index (κ3) is 3.94. The molecule has 0 radical (unpaired) electrons. The molecule has 8 heteroatoms. The Morgan fingerprint density at radius 2 is 2.40 bits per heavy atom. The lowest BCUT2D eigenvalue weighted by molar-refractivity contribution is 0.576. The number of nitrogens with two attached hydrogens (primary N) is 1. The van der Waals surface area contributed by atoms with Crippen molar-refractivity contribution in [3.8, 4) is 0 Å². The number of nitrogens with one attached hydrogen (secondary N) is 2. The van der Waals surface area contributed by atoms with Crippen molar-refractivity contribution in [2.45, 2.75) is 17.9 Å². The van der Waals surface area contributed by atoms with Crippen LogP contribution in [0.2, 0.25) is 0 Å². The fourth-order valence-electron chi connectivity index (χ4n) is 0.937. The summed E-state index contributed by atoms with van der Waals surface area (Å²) in [4.78, 5) is 6.53. The van der Waals surface area contributed by atoms with Gasteiger partial charge in [0, 0.05) is 6.54 Å². The number of hydrogen-bond acceptors (Lipinski definition) is 4. The molecule has 0 saturated heterocycles. The quantitative estimate of drug-likeness (QED) is 0.476. The molecule has 0 saturated carbocycles. The lowest BCUT2D eigenvalue weighted by Crippen LogP contribution is -2.25. The molecule has 0 bridgehead atoms. The minimum Gasteiger partial charge on any atom is -0.393 e. The first kappa shape index (κ1) is 12.1. The molecular weight excluding hydrogens is 236 g/mol. The number of sulfonamides is 1. The van der Waals surface area contributed by atoms with Crippen molar-refractivity contribution in [2.24, 2.45) is 5.73 Å². The van der Waals surface area contributed by atoms with Crippen LogP contribution in [0.3, 0.4) is 0 Å². The van der Waals surface area contributed by atoms with Gasteiger partial charge in [0.05, 0.1) is 17.5 Å². The number of aromatic nitrogens is 2. The molecule has 0 aliphatic heterocycles. The largest absolute Gasteiger partial charge is 0.393 e. The predicted molar refractivity (Wildman–Crippen MR) is 59.8 cm³/mol. The van der Waals surface area contributed by atoms with Crippen molar-refractivity contribution in [1.29, 1.82) is 0 Å². The van der Waals surface area contributed by atoms with Gasteiger partial charge in [-0.1, -0.05) is 12.2 Å². The Balaban J connectivity index is 2.42. The number of hydrogen-bond donors (Lipinski definition) is 3. The van der Waals surface area contributed by atoms with E-state index < -0.39 is 10.0 Å². The average Bonchev–Trinajstić information content (AvgIpc) is 2.65. The van der Waals surface area contributed by atoms with Crippen molar-refractivity contribution in [2.75, 3.05) is 6.54 Å². The number of nitrogens with zero attached hydrogens (tertiary/aromatic N) is 1. The van der Waals surface area contributed by atoms with E-state index in [0.717, 1.165) is 0 Å². The van der Waals surface area contributed by atoms with E-state index in [1.54, 1.807) is 0 Å². The summed E-state index contributed by atoms with van der Waals surface area (Å²) in [6.45, 7) is 0.304. The third-order valence-electron chi connectivity index (χ3n) is 1.65. The van der Waals surface area contributed by atoms with Gasteiger partial charge in [-0.05, 0) is 12.8 Å². The second-order valence-corrected chi connectivity index (χ2v) is 5.14. The van der Waals surface area contributed by atoms with E-state index in [2.05, 4.69) is 26.9 Å². The highest BCUT2D eigenvalue weighted by Crippen LogP contribution is 2.01. The maximum Gasteiger partial charge on any atom is 0.257 e. The van der Waals surface area contributed by atoms with Crippen molar-refractivity contribution >= 4 is 27.2 Å². The summed E-state index contributed by atoms with van der Waals surface area (Å²) in [5.74, 6) is 0. The number of thiocarbonyl (C=S) groups is 1. The van der Waals surface area contributed by atoms with E-state index in [1.807, 2.05) is 0 Å². The highest BCUT2D eigenvalue weighted by molar-refractivity contribution is 7.89. The molecule has 1 rings (SSSR count). The summed E-state index contributed by atoms with van der Waals surface area (Å²) >= 11 is 4.67. The number of H-pyrrole nitrogens is 1.